The molecule has 1 aliphatic heterocycles. The Labute approximate surface area is 113 Å². The second-order valence-corrected chi connectivity index (χ2v) is 5.18. The van der Waals surface area contributed by atoms with Crippen molar-refractivity contribution in [2.45, 2.75) is 19.8 Å². The summed E-state index contributed by atoms with van der Waals surface area (Å²) in [5.74, 6) is 0.0461. The van der Waals surface area contributed by atoms with E-state index in [1.54, 1.807) is 4.90 Å². The quantitative estimate of drug-likeness (QED) is 0.698. The third-order valence-electron chi connectivity index (χ3n) is 4.01. The number of aryl methyl sites for hydroxylation is 1. The summed E-state index contributed by atoms with van der Waals surface area (Å²) in [6.45, 7) is 4.09. The minimum absolute atomic E-state index is 0.104. The van der Waals surface area contributed by atoms with Gasteiger partial charge >= 0.3 is 0 Å². The molecule has 1 atom stereocenters. The highest BCUT2D eigenvalue weighted by Crippen LogP contribution is 2.41. The van der Waals surface area contributed by atoms with Crippen LogP contribution in [-0.2, 0) is 4.79 Å². The Morgan fingerprint density at radius 3 is 2.58 bits per heavy atom. The lowest BCUT2D eigenvalue weighted by molar-refractivity contribution is -0.119. The van der Waals surface area contributed by atoms with E-state index in [-0.39, 0.29) is 11.8 Å². The van der Waals surface area contributed by atoms with Crippen LogP contribution in [0.4, 0.5) is 5.69 Å². The molecule has 2 nitrogen and oxygen atoms in total. The summed E-state index contributed by atoms with van der Waals surface area (Å²) in [4.78, 5) is 14.3. The first-order valence-corrected chi connectivity index (χ1v) is 6.57. The number of amides is 1. The van der Waals surface area contributed by atoms with Crippen molar-refractivity contribution in [1.29, 1.82) is 0 Å². The summed E-state index contributed by atoms with van der Waals surface area (Å²) in [5, 5.41) is 0. The fourth-order valence-electron chi connectivity index (χ4n) is 2.93. The summed E-state index contributed by atoms with van der Waals surface area (Å²) in [6.07, 6.45) is 0. The predicted octanol–water partition coefficient (Wildman–Crippen LogP) is 3.74. The third-order valence-corrected chi connectivity index (χ3v) is 4.01. The summed E-state index contributed by atoms with van der Waals surface area (Å²) >= 11 is 0. The Morgan fingerprint density at radius 2 is 1.79 bits per heavy atom. The molecule has 3 rings (SSSR count). The summed E-state index contributed by atoms with van der Waals surface area (Å²) in [5.41, 5.74) is 5.69. The van der Waals surface area contributed by atoms with Crippen LogP contribution in [0, 0.1) is 6.92 Å². The van der Waals surface area contributed by atoms with Crippen LogP contribution in [0.15, 0.2) is 42.5 Å². The van der Waals surface area contributed by atoms with E-state index in [9.17, 15) is 4.79 Å². The van der Waals surface area contributed by atoms with Gasteiger partial charge in [0.05, 0.1) is 11.6 Å². The number of rotatable bonds is 0. The van der Waals surface area contributed by atoms with Gasteiger partial charge in [-0.25, -0.2) is 0 Å². The molecule has 2 aromatic rings. The monoisotopic (exact) mass is 251 g/mol. The van der Waals surface area contributed by atoms with Crippen LogP contribution < -0.4 is 4.90 Å². The maximum atomic E-state index is 12.5. The smallest absolute Gasteiger partial charge is 0.234 e. The predicted molar refractivity (Wildman–Crippen MR) is 78.4 cm³/mol. The first kappa shape index (κ1) is 12.0. The molecule has 0 bridgehead atoms. The molecule has 0 N–H and O–H groups in total. The molecule has 0 aromatic heterocycles. The third kappa shape index (κ3) is 1.67. The second-order valence-electron chi connectivity index (χ2n) is 5.18. The number of hydrogen-bond donors (Lipinski definition) is 0. The number of hydrogen-bond acceptors (Lipinski definition) is 1. The second kappa shape index (κ2) is 4.23. The molecule has 0 spiro atoms. The number of likely N-dealkylation sites (N-methyl/N-ethyl adjacent to an activating group) is 1. The molecule has 96 valence electrons. The van der Waals surface area contributed by atoms with E-state index in [1.807, 2.05) is 38.2 Å². The number of carbonyl (C=O) groups is 1. The number of carbonyl (C=O) groups excluding carboxylic acids is 1. The molecule has 1 heterocycles. The first-order chi connectivity index (χ1) is 9.11. The summed E-state index contributed by atoms with van der Waals surface area (Å²) in [6, 6.07) is 14.4. The zero-order valence-corrected chi connectivity index (χ0v) is 11.5. The van der Waals surface area contributed by atoms with Gasteiger partial charge in [-0.05, 0) is 36.6 Å². The molecule has 0 unspecified atom stereocenters. The molecule has 0 radical (unpaired) electrons. The fourth-order valence-corrected chi connectivity index (χ4v) is 2.93. The Hall–Kier alpha value is -2.09. The Balaban J connectivity index is 2.41. The lowest BCUT2D eigenvalue weighted by Crippen LogP contribution is -2.29. The minimum Gasteiger partial charge on any atom is -0.314 e. The summed E-state index contributed by atoms with van der Waals surface area (Å²) in [7, 11) is 1.86. The van der Waals surface area contributed by atoms with Gasteiger partial charge in [-0.15, -0.1) is 0 Å². The van der Waals surface area contributed by atoms with Gasteiger partial charge in [0.25, 0.3) is 0 Å². The molecule has 0 fully saturated rings. The van der Waals surface area contributed by atoms with Crippen LogP contribution in [0.25, 0.3) is 11.1 Å². The van der Waals surface area contributed by atoms with Crippen molar-refractivity contribution in [2.24, 2.45) is 0 Å². The van der Waals surface area contributed by atoms with E-state index in [4.69, 9.17) is 0 Å². The lowest BCUT2D eigenvalue weighted by Gasteiger charge is -2.20. The molecule has 1 aliphatic rings. The van der Waals surface area contributed by atoms with Crippen molar-refractivity contribution in [3.8, 4) is 11.1 Å². The van der Waals surface area contributed by atoms with E-state index in [2.05, 4.69) is 25.1 Å². The number of fused-ring (bicyclic) bond motifs is 3. The molecule has 19 heavy (non-hydrogen) atoms. The van der Waals surface area contributed by atoms with Crippen LogP contribution in [0.5, 0.6) is 0 Å². The Bertz CT molecular complexity index is 660. The highest BCUT2D eigenvalue weighted by atomic mass is 16.2. The average Bonchev–Trinajstić information content (AvgIpc) is 2.51. The summed E-state index contributed by atoms with van der Waals surface area (Å²) < 4.78 is 0. The van der Waals surface area contributed by atoms with E-state index in [0.717, 1.165) is 11.3 Å². The van der Waals surface area contributed by atoms with Gasteiger partial charge in [0.2, 0.25) is 5.91 Å². The number of nitrogens with zero attached hydrogens (tertiary/aromatic N) is 1. The van der Waals surface area contributed by atoms with Gasteiger partial charge in [0.15, 0.2) is 0 Å². The highest BCUT2D eigenvalue weighted by molar-refractivity contribution is 6.05. The highest BCUT2D eigenvalue weighted by Gasteiger charge is 2.29. The van der Waals surface area contributed by atoms with Crippen LogP contribution in [-0.4, -0.2) is 13.0 Å². The van der Waals surface area contributed by atoms with Crippen LogP contribution in [0.2, 0.25) is 0 Å². The maximum absolute atomic E-state index is 12.5. The minimum atomic E-state index is -0.104. The zero-order chi connectivity index (χ0) is 13.6. The lowest BCUT2D eigenvalue weighted by atomic mass is 9.90. The van der Waals surface area contributed by atoms with Crippen LogP contribution >= 0.6 is 0 Å². The van der Waals surface area contributed by atoms with Gasteiger partial charge in [-0.3, -0.25) is 4.79 Å². The van der Waals surface area contributed by atoms with E-state index in [1.165, 1.54) is 16.7 Å². The molecule has 1 amide bonds. The van der Waals surface area contributed by atoms with Gasteiger partial charge in [0, 0.05) is 12.6 Å². The van der Waals surface area contributed by atoms with Crippen molar-refractivity contribution in [1.82, 2.24) is 0 Å². The molecule has 0 aliphatic carbocycles. The van der Waals surface area contributed by atoms with Gasteiger partial charge in [-0.1, -0.05) is 36.4 Å². The molecular formula is C17H17NO. The SMILES string of the molecule is Cc1cccc2c1-c1ccccc1[C@@H](C)C(=O)N2C. The van der Waals surface area contributed by atoms with E-state index < -0.39 is 0 Å². The maximum Gasteiger partial charge on any atom is 0.234 e. The normalized spacial score (nSPS) is 17.7. The van der Waals surface area contributed by atoms with Gasteiger partial charge < -0.3 is 4.90 Å². The standard InChI is InChI=1S/C17H17NO/c1-11-7-6-10-15-16(11)14-9-5-4-8-13(14)12(2)17(19)18(15)3/h4-10,12H,1-3H3/t12-/m1/s1. The van der Waals surface area contributed by atoms with E-state index in [0.29, 0.717) is 0 Å². The number of anilines is 1. The van der Waals surface area contributed by atoms with Crippen molar-refractivity contribution >= 4 is 11.6 Å². The van der Waals surface area contributed by atoms with Crippen molar-refractivity contribution in [2.75, 3.05) is 11.9 Å². The van der Waals surface area contributed by atoms with Gasteiger partial charge in [-0.2, -0.15) is 0 Å². The van der Waals surface area contributed by atoms with Crippen LogP contribution in [0.1, 0.15) is 24.0 Å². The fraction of sp³-hybridized carbons (Fsp3) is 0.235. The van der Waals surface area contributed by atoms with Crippen molar-refractivity contribution in [3.05, 3.63) is 53.6 Å². The van der Waals surface area contributed by atoms with Crippen LogP contribution in [0.3, 0.4) is 0 Å². The largest absolute Gasteiger partial charge is 0.314 e. The zero-order valence-electron chi connectivity index (χ0n) is 11.5. The Morgan fingerprint density at radius 1 is 1.05 bits per heavy atom. The molecule has 0 saturated carbocycles. The molecule has 2 aromatic carbocycles. The molecule has 0 saturated heterocycles. The average molecular weight is 251 g/mol. The van der Waals surface area contributed by atoms with Gasteiger partial charge in [0.1, 0.15) is 0 Å². The van der Waals surface area contributed by atoms with E-state index >= 15 is 0 Å². The first-order valence-electron chi connectivity index (χ1n) is 6.57. The van der Waals surface area contributed by atoms with Crippen molar-refractivity contribution < 1.29 is 4.79 Å². The topological polar surface area (TPSA) is 20.3 Å². The van der Waals surface area contributed by atoms with Crippen molar-refractivity contribution in [3.63, 3.8) is 0 Å². The number of benzene rings is 2. The Kier molecular flexibility index (Phi) is 2.67. The molecule has 2 heteroatoms. The molecular weight excluding hydrogens is 234 g/mol.